The number of nitrogens with zero attached hydrogens (tertiary/aromatic N) is 1. The number of allylic oxidation sites excluding steroid dienone is 4. The third kappa shape index (κ3) is 3.63. The standard InChI is InChI=1S/C24H29NO4/c1-15-11-16(2)21(17(3)12-15)22-18(26)13-24(14-19(22)27)6-8-25(9-7-24)23(28)20-5-4-10-29-20/h4-5,10-11,17,22H,6-9,12-14H2,1-3H3. The van der Waals surface area contributed by atoms with Crippen molar-refractivity contribution in [1.29, 1.82) is 0 Å². The first-order chi connectivity index (χ1) is 13.8. The van der Waals surface area contributed by atoms with Crippen LogP contribution in [0.3, 0.4) is 0 Å². The van der Waals surface area contributed by atoms with Crippen LogP contribution < -0.4 is 0 Å². The quantitative estimate of drug-likeness (QED) is 0.698. The van der Waals surface area contributed by atoms with Gasteiger partial charge in [0.1, 0.15) is 11.6 Å². The minimum absolute atomic E-state index is 0.0706. The summed E-state index contributed by atoms with van der Waals surface area (Å²) in [4.78, 5) is 40.6. The molecule has 154 valence electrons. The molecule has 1 aliphatic heterocycles. The molecule has 1 atom stereocenters. The lowest BCUT2D eigenvalue weighted by Crippen LogP contribution is -2.49. The van der Waals surface area contributed by atoms with Crippen LogP contribution in [0, 0.1) is 17.3 Å². The SMILES string of the molecule is CC1=CC(C)=C(C2C(=O)CC3(CCN(C(=O)c4ccco4)CC3)CC2=O)C(C)C1. The first kappa shape index (κ1) is 19.9. The van der Waals surface area contributed by atoms with E-state index in [0.717, 1.165) is 17.6 Å². The van der Waals surface area contributed by atoms with Gasteiger partial charge in [0.25, 0.3) is 5.91 Å². The van der Waals surface area contributed by atoms with Crippen molar-refractivity contribution in [3.63, 3.8) is 0 Å². The molecule has 2 aliphatic carbocycles. The Hall–Kier alpha value is -2.43. The lowest BCUT2D eigenvalue weighted by molar-refractivity contribution is -0.140. The van der Waals surface area contributed by atoms with Gasteiger partial charge in [-0.2, -0.15) is 0 Å². The molecule has 2 heterocycles. The first-order valence-corrected chi connectivity index (χ1v) is 10.6. The van der Waals surface area contributed by atoms with Crippen molar-refractivity contribution in [3.05, 3.63) is 47.0 Å². The van der Waals surface area contributed by atoms with E-state index in [0.29, 0.717) is 44.5 Å². The van der Waals surface area contributed by atoms with Crippen LogP contribution in [0.4, 0.5) is 0 Å². The number of furan rings is 1. The molecule has 0 N–H and O–H groups in total. The van der Waals surface area contributed by atoms with Crippen LogP contribution in [0.25, 0.3) is 0 Å². The second kappa shape index (κ2) is 7.43. The van der Waals surface area contributed by atoms with Gasteiger partial charge >= 0.3 is 0 Å². The molecule has 5 nitrogen and oxygen atoms in total. The number of carbonyl (C=O) groups is 3. The van der Waals surface area contributed by atoms with Crippen molar-refractivity contribution in [3.8, 4) is 0 Å². The molecule has 29 heavy (non-hydrogen) atoms. The Morgan fingerprint density at radius 1 is 1.14 bits per heavy atom. The molecular weight excluding hydrogens is 366 g/mol. The van der Waals surface area contributed by atoms with Crippen molar-refractivity contribution < 1.29 is 18.8 Å². The molecular formula is C24H29NO4. The molecule has 1 unspecified atom stereocenters. The van der Waals surface area contributed by atoms with E-state index in [2.05, 4.69) is 19.9 Å². The topological polar surface area (TPSA) is 67.6 Å². The minimum atomic E-state index is -0.567. The average molecular weight is 395 g/mol. The fraction of sp³-hybridized carbons (Fsp3) is 0.542. The van der Waals surface area contributed by atoms with Crippen LogP contribution in [0.2, 0.25) is 0 Å². The smallest absolute Gasteiger partial charge is 0.289 e. The van der Waals surface area contributed by atoms with E-state index < -0.39 is 5.92 Å². The van der Waals surface area contributed by atoms with Crippen molar-refractivity contribution >= 4 is 17.5 Å². The summed E-state index contributed by atoms with van der Waals surface area (Å²) in [6.45, 7) is 7.38. The van der Waals surface area contributed by atoms with Gasteiger partial charge in [-0.25, -0.2) is 0 Å². The number of piperidine rings is 1. The Balaban J connectivity index is 1.48. The fourth-order valence-corrected chi connectivity index (χ4v) is 5.63. The van der Waals surface area contributed by atoms with Gasteiger partial charge in [-0.05, 0) is 62.1 Å². The number of hydrogen-bond acceptors (Lipinski definition) is 4. The summed E-state index contributed by atoms with van der Waals surface area (Å²) in [5.41, 5.74) is 3.14. The Labute approximate surface area is 171 Å². The molecule has 2 fully saturated rings. The normalized spacial score (nSPS) is 25.6. The highest BCUT2D eigenvalue weighted by molar-refractivity contribution is 6.08. The van der Waals surface area contributed by atoms with Crippen molar-refractivity contribution in [2.45, 2.75) is 52.9 Å². The molecule has 1 amide bonds. The lowest BCUT2D eigenvalue weighted by atomic mass is 9.61. The zero-order valence-electron chi connectivity index (χ0n) is 17.5. The number of hydrogen-bond donors (Lipinski definition) is 0. The predicted octanol–water partition coefficient (Wildman–Crippen LogP) is 4.35. The molecule has 3 aliphatic rings. The lowest BCUT2D eigenvalue weighted by Gasteiger charge is -2.45. The number of Topliss-reactive ketones (excluding diaryl/α,β-unsaturated/α-hetero) is 2. The molecule has 0 bridgehead atoms. The summed E-state index contributed by atoms with van der Waals surface area (Å²) < 4.78 is 5.22. The highest BCUT2D eigenvalue weighted by atomic mass is 16.3. The monoisotopic (exact) mass is 395 g/mol. The van der Waals surface area contributed by atoms with Crippen LogP contribution in [-0.4, -0.2) is 35.5 Å². The third-order valence-corrected chi connectivity index (χ3v) is 6.97. The number of ketones is 2. The van der Waals surface area contributed by atoms with E-state index in [1.807, 2.05) is 6.92 Å². The summed E-state index contributed by atoms with van der Waals surface area (Å²) in [5.74, 6) is 0.0360. The number of carbonyl (C=O) groups excluding carboxylic acids is 3. The van der Waals surface area contributed by atoms with Gasteiger partial charge in [0.05, 0.1) is 12.2 Å². The summed E-state index contributed by atoms with van der Waals surface area (Å²) >= 11 is 0. The van der Waals surface area contributed by atoms with Crippen LogP contribution >= 0.6 is 0 Å². The molecule has 4 rings (SSSR count). The van der Waals surface area contributed by atoms with Gasteiger partial charge < -0.3 is 9.32 Å². The maximum Gasteiger partial charge on any atom is 0.289 e. The first-order valence-electron chi connectivity index (χ1n) is 10.6. The van der Waals surface area contributed by atoms with Crippen molar-refractivity contribution in [2.75, 3.05) is 13.1 Å². The average Bonchev–Trinajstić information content (AvgIpc) is 3.18. The van der Waals surface area contributed by atoms with Gasteiger partial charge in [0, 0.05) is 25.9 Å². The number of rotatable bonds is 2. The summed E-state index contributed by atoms with van der Waals surface area (Å²) in [7, 11) is 0. The Morgan fingerprint density at radius 2 is 1.79 bits per heavy atom. The third-order valence-electron chi connectivity index (χ3n) is 6.97. The summed E-state index contributed by atoms with van der Waals surface area (Å²) in [6, 6.07) is 3.37. The van der Waals surface area contributed by atoms with Crippen molar-refractivity contribution in [2.24, 2.45) is 17.3 Å². The van der Waals surface area contributed by atoms with Gasteiger partial charge in [0.2, 0.25) is 0 Å². The summed E-state index contributed by atoms with van der Waals surface area (Å²) in [6.07, 6.45) is 6.80. The molecule has 1 spiro atoms. The van der Waals surface area contributed by atoms with E-state index in [1.165, 1.54) is 11.8 Å². The zero-order chi connectivity index (χ0) is 20.8. The van der Waals surface area contributed by atoms with E-state index in [9.17, 15) is 14.4 Å². The maximum atomic E-state index is 13.2. The molecule has 1 saturated heterocycles. The van der Waals surface area contributed by atoms with Gasteiger partial charge in [-0.1, -0.05) is 24.1 Å². The van der Waals surface area contributed by atoms with E-state index >= 15 is 0 Å². The van der Waals surface area contributed by atoms with E-state index in [1.54, 1.807) is 17.0 Å². The van der Waals surface area contributed by atoms with Crippen LogP contribution in [0.5, 0.6) is 0 Å². The van der Waals surface area contributed by atoms with Gasteiger partial charge in [-0.15, -0.1) is 0 Å². The maximum absolute atomic E-state index is 13.2. The van der Waals surface area contributed by atoms with Crippen LogP contribution in [-0.2, 0) is 9.59 Å². The predicted molar refractivity (Wildman–Crippen MR) is 109 cm³/mol. The number of amides is 1. The fourth-order valence-electron chi connectivity index (χ4n) is 5.63. The zero-order valence-corrected chi connectivity index (χ0v) is 17.5. The molecule has 1 aromatic heterocycles. The van der Waals surface area contributed by atoms with E-state index in [-0.39, 0.29) is 28.8 Å². The highest BCUT2D eigenvalue weighted by Crippen LogP contribution is 2.47. The van der Waals surface area contributed by atoms with Gasteiger partial charge in [-0.3, -0.25) is 14.4 Å². The number of likely N-dealkylation sites (tertiary alicyclic amines) is 1. The molecule has 5 heteroatoms. The Kier molecular flexibility index (Phi) is 5.09. The molecule has 1 saturated carbocycles. The second-order valence-electron chi connectivity index (χ2n) is 9.22. The minimum Gasteiger partial charge on any atom is -0.459 e. The van der Waals surface area contributed by atoms with Crippen LogP contribution in [0.1, 0.15) is 63.4 Å². The summed E-state index contributed by atoms with van der Waals surface area (Å²) in [5, 5.41) is 0. The second-order valence-corrected chi connectivity index (χ2v) is 9.22. The highest BCUT2D eigenvalue weighted by Gasteiger charge is 2.48. The van der Waals surface area contributed by atoms with E-state index in [4.69, 9.17) is 4.42 Å². The Morgan fingerprint density at radius 3 is 2.34 bits per heavy atom. The molecule has 0 radical (unpaired) electrons. The largest absolute Gasteiger partial charge is 0.459 e. The van der Waals surface area contributed by atoms with Crippen LogP contribution in [0.15, 0.2) is 45.6 Å². The Bertz CT molecular complexity index is 877. The van der Waals surface area contributed by atoms with Crippen molar-refractivity contribution in [1.82, 2.24) is 4.90 Å². The molecule has 1 aromatic rings. The van der Waals surface area contributed by atoms with Gasteiger partial charge in [0.15, 0.2) is 5.76 Å². The molecule has 0 aromatic carbocycles.